The molecular formula is C6H12O. The minimum atomic E-state index is 0.0231. The smallest absolute Gasteiger partial charge is 0.0542 e. The van der Waals surface area contributed by atoms with Crippen LogP contribution in [0.25, 0.3) is 0 Å². The van der Waals surface area contributed by atoms with Crippen LogP contribution in [-0.4, -0.2) is 11.2 Å². The van der Waals surface area contributed by atoms with Gasteiger partial charge in [-0.05, 0) is 25.2 Å². The molecule has 1 fully saturated rings. The number of hydrogen-bond acceptors (Lipinski definition) is 1. The fourth-order valence-electron chi connectivity index (χ4n) is 1.18. The summed E-state index contributed by atoms with van der Waals surface area (Å²) in [7, 11) is 0. The van der Waals surface area contributed by atoms with Gasteiger partial charge >= 0.3 is 0 Å². The van der Waals surface area contributed by atoms with Gasteiger partial charge in [0.05, 0.1) is 6.10 Å². The molecule has 1 N–H and O–H groups in total. The average molecular weight is 100 g/mol. The van der Waals surface area contributed by atoms with Crippen LogP contribution in [0, 0.1) is 5.92 Å². The van der Waals surface area contributed by atoms with E-state index in [9.17, 15) is 0 Å². The van der Waals surface area contributed by atoms with E-state index in [-0.39, 0.29) is 6.10 Å². The van der Waals surface area contributed by atoms with Gasteiger partial charge in [0.2, 0.25) is 0 Å². The quantitative estimate of drug-likeness (QED) is 0.484. The van der Waals surface area contributed by atoms with Crippen molar-refractivity contribution in [1.82, 2.24) is 0 Å². The molecule has 1 nitrogen and oxygen atoms in total. The van der Waals surface area contributed by atoms with Crippen molar-refractivity contribution in [3.05, 3.63) is 0 Å². The third-order valence-electron chi connectivity index (χ3n) is 1.67. The summed E-state index contributed by atoms with van der Waals surface area (Å²) < 4.78 is 0. The van der Waals surface area contributed by atoms with E-state index in [1.807, 2.05) is 0 Å². The van der Waals surface area contributed by atoms with Crippen molar-refractivity contribution in [2.75, 3.05) is 0 Å². The van der Waals surface area contributed by atoms with Gasteiger partial charge in [0.15, 0.2) is 0 Å². The van der Waals surface area contributed by atoms with Gasteiger partial charge in [-0.1, -0.05) is 6.92 Å². The monoisotopic (exact) mass is 100 g/mol. The highest BCUT2D eigenvalue weighted by atomic mass is 16.3. The molecule has 0 heterocycles. The molecule has 7 heavy (non-hydrogen) atoms. The third-order valence-corrected chi connectivity index (χ3v) is 1.67. The summed E-state index contributed by atoms with van der Waals surface area (Å²) in [6.07, 6.45) is 3.30. The Bertz CT molecular complexity index is 53.2. The van der Waals surface area contributed by atoms with Gasteiger partial charge in [-0.2, -0.15) is 0 Å². The molecule has 2 atom stereocenters. The van der Waals surface area contributed by atoms with Gasteiger partial charge in [0.25, 0.3) is 0 Å². The lowest BCUT2D eigenvalue weighted by Crippen LogP contribution is -1.97. The molecule has 42 valence electrons. The molecule has 0 spiro atoms. The summed E-state index contributed by atoms with van der Waals surface area (Å²) in [6.45, 7) is 2.19. The summed E-state index contributed by atoms with van der Waals surface area (Å²) in [5, 5.41) is 8.90. The standard InChI is InChI=1S/C6H12O/c1-5-2-3-6(7)4-5/h5-7H,2-4H2,1H3/t5?,6-/m0/s1. The van der Waals surface area contributed by atoms with E-state index in [4.69, 9.17) is 5.11 Å². The molecule has 0 radical (unpaired) electrons. The Morgan fingerprint density at radius 3 is 2.29 bits per heavy atom. The van der Waals surface area contributed by atoms with Crippen molar-refractivity contribution in [3.8, 4) is 0 Å². The topological polar surface area (TPSA) is 20.2 Å². The lowest BCUT2D eigenvalue weighted by molar-refractivity contribution is 0.179. The lowest BCUT2D eigenvalue weighted by atomic mass is 10.1. The van der Waals surface area contributed by atoms with Gasteiger partial charge < -0.3 is 5.11 Å². The molecule has 1 rings (SSSR count). The van der Waals surface area contributed by atoms with Crippen molar-refractivity contribution < 1.29 is 5.11 Å². The fourth-order valence-corrected chi connectivity index (χ4v) is 1.18. The maximum Gasteiger partial charge on any atom is 0.0542 e. The van der Waals surface area contributed by atoms with Crippen LogP contribution in [0.2, 0.25) is 0 Å². The van der Waals surface area contributed by atoms with Crippen LogP contribution in [0.4, 0.5) is 0 Å². The summed E-state index contributed by atoms with van der Waals surface area (Å²) >= 11 is 0. The molecule has 1 unspecified atom stereocenters. The Kier molecular flexibility index (Phi) is 1.33. The minimum Gasteiger partial charge on any atom is -0.393 e. The fraction of sp³-hybridized carbons (Fsp3) is 1.00. The number of hydrogen-bond donors (Lipinski definition) is 1. The summed E-state index contributed by atoms with van der Waals surface area (Å²) in [5.41, 5.74) is 0. The molecule has 0 amide bonds. The Labute approximate surface area is 44.4 Å². The lowest BCUT2D eigenvalue weighted by Gasteiger charge is -1.95. The Morgan fingerprint density at radius 2 is 2.14 bits per heavy atom. The first-order valence-electron chi connectivity index (χ1n) is 2.97. The van der Waals surface area contributed by atoms with Gasteiger partial charge in [-0.3, -0.25) is 0 Å². The second-order valence-corrected chi connectivity index (χ2v) is 2.57. The van der Waals surface area contributed by atoms with Crippen molar-refractivity contribution in [2.24, 2.45) is 5.92 Å². The van der Waals surface area contributed by atoms with E-state index in [1.165, 1.54) is 6.42 Å². The minimum absolute atomic E-state index is 0.0231. The summed E-state index contributed by atoms with van der Waals surface area (Å²) in [4.78, 5) is 0. The summed E-state index contributed by atoms with van der Waals surface area (Å²) in [5.74, 6) is 0.773. The molecule has 1 aliphatic rings. The summed E-state index contributed by atoms with van der Waals surface area (Å²) in [6, 6.07) is 0. The molecular weight excluding hydrogens is 88.1 g/mol. The second kappa shape index (κ2) is 1.83. The first-order valence-corrected chi connectivity index (χ1v) is 2.97. The van der Waals surface area contributed by atoms with Crippen molar-refractivity contribution in [3.63, 3.8) is 0 Å². The van der Waals surface area contributed by atoms with Crippen LogP contribution in [0.5, 0.6) is 0 Å². The molecule has 0 aromatic rings. The maximum absolute atomic E-state index is 8.90. The first kappa shape index (κ1) is 5.10. The van der Waals surface area contributed by atoms with Crippen molar-refractivity contribution in [1.29, 1.82) is 0 Å². The zero-order valence-corrected chi connectivity index (χ0v) is 4.72. The van der Waals surface area contributed by atoms with Crippen LogP contribution in [-0.2, 0) is 0 Å². The highest BCUT2D eigenvalue weighted by Gasteiger charge is 2.17. The normalized spacial score (nSPS) is 42.0. The third kappa shape index (κ3) is 1.16. The molecule has 1 aliphatic carbocycles. The predicted molar refractivity (Wildman–Crippen MR) is 29.0 cm³/mol. The average Bonchev–Trinajstić information content (AvgIpc) is 1.87. The van der Waals surface area contributed by atoms with Gasteiger partial charge in [0, 0.05) is 0 Å². The molecule has 0 aromatic carbocycles. The van der Waals surface area contributed by atoms with Crippen LogP contribution in [0.15, 0.2) is 0 Å². The molecule has 0 saturated heterocycles. The van der Waals surface area contributed by atoms with E-state index < -0.39 is 0 Å². The second-order valence-electron chi connectivity index (χ2n) is 2.57. The van der Waals surface area contributed by atoms with E-state index in [1.54, 1.807) is 0 Å². The number of aliphatic hydroxyl groups is 1. The molecule has 1 heteroatoms. The largest absolute Gasteiger partial charge is 0.393 e. The highest BCUT2D eigenvalue weighted by Crippen LogP contribution is 2.23. The van der Waals surface area contributed by atoms with Gasteiger partial charge in [-0.25, -0.2) is 0 Å². The van der Waals surface area contributed by atoms with Crippen LogP contribution < -0.4 is 0 Å². The molecule has 0 aliphatic heterocycles. The first-order chi connectivity index (χ1) is 3.29. The number of aliphatic hydroxyl groups excluding tert-OH is 1. The highest BCUT2D eigenvalue weighted by molar-refractivity contribution is 4.70. The van der Waals surface area contributed by atoms with Crippen molar-refractivity contribution in [2.45, 2.75) is 32.3 Å². The SMILES string of the molecule is CC1CC[C@H](O)C1. The van der Waals surface area contributed by atoms with Gasteiger partial charge in [0.1, 0.15) is 0 Å². The van der Waals surface area contributed by atoms with Crippen LogP contribution in [0.3, 0.4) is 0 Å². The predicted octanol–water partition coefficient (Wildman–Crippen LogP) is 1.17. The van der Waals surface area contributed by atoms with Gasteiger partial charge in [-0.15, -0.1) is 0 Å². The Balaban J connectivity index is 2.26. The molecule has 0 bridgehead atoms. The van der Waals surface area contributed by atoms with Crippen LogP contribution >= 0.6 is 0 Å². The van der Waals surface area contributed by atoms with E-state index in [0.717, 1.165) is 18.8 Å². The molecule has 1 saturated carbocycles. The zero-order chi connectivity index (χ0) is 5.28. The van der Waals surface area contributed by atoms with Crippen LogP contribution in [0.1, 0.15) is 26.2 Å². The molecule has 0 aromatic heterocycles. The van der Waals surface area contributed by atoms with E-state index in [2.05, 4.69) is 6.92 Å². The Morgan fingerprint density at radius 1 is 1.43 bits per heavy atom. The van der Waals surface area contributed by atoms with E-state index in [0.29, 0.717) is 0 Å². The number of rotatable bonds is 0. The maximum atomic E-state index is 8.90. The zero-order valence-electron chi connectivity index (χ0n) is 4.72. The van der Waals surface area contributed by atoms with E-state index >= 15 is 0 Å². The van der Waals surface area contributed by atoms with Crippen molar-refractivity contribution >= 4 is 0 Å². The Hall–Kier alpha value is -0.0400.